The van der Waals surface area contributed by atoms with Crippen molar-refractivity contribution < 1.29 is 19.1 Å². The molecule has 1 aliphatic rings. The lowest BCUT2D eigenvalue weighted by molar-refractivity contribution is -0.128. The summed E-state index contributed by atoms with van der Waals surface area (Å²) in [7, 11) is 3.06. The topological polar surface area (TPSA) is 67.9 Å². The second-order valence-corrected chi connectivity index (χ2v) is 7.05. The molecular weight excluding hydrogens is 400 g/mol. The van der Waals surface area contributed by atoms with Gasteiger partial charge in [0.1, 0.15) is 12.2 Å². The molecule has 0 saturated carbocycles. The van der Waals surface area contributed by atoms with Crippen LogP contribution in [0.5, 0.6) is 11.5 Å². The summed E-state index contributed by atoms with van der Waals surface area (Å²) in [6.07, 6.45) is 3.80. The average molecular weight is 423 g/mol. The van der Waals surface area contributed by atoms with E-state index in [-0.39, 0.29) is 10.7 Å². The lowest BCUT2D eigenvalue weighted by Crippen LogP contribution is -2.52. The Hall–Kier alpha value is -3.45. The van der Waals surface area contributed by atoms with Crippen molar-refractivity contribution in [2.24, 2.45) is 0 Å². The van der Waals surface area contributed by atoms with E-state index >= 15 is 0 Å². The van der Waals surface area contributed by atoms with E-state index in [4.69, 9.17) is 21.7 Å². The SMILES string of the molecule is C=CCc1cc(/C=C2\C(=O)NC(=S)N(C)C2=O)cc(OC)c1OCc1ccccc1. The zero-order valence-electron chi connectivity index (χ0n) is 16.8. The zero-order chi connectivity index (χ0) is 21.7. The number of allylic oxidation sites excluding steroid dienone is 1. The van der Waals surface area contributed by atoms with Gasteiger partial charge in [0.05, 0.1) is 7.11 Å². The summed E-state index contributed by atoms with van der Waals surface area (Å²) >= 11 is 4.98. The average Bonchev–Trinajstić information content (AvgIpc) is 2.75. The third-order valence-electron chi connectivity index (χ3n) is 4.58. The number of carbonyl (C=O) groups excluding carboxylic acids is 2. The van der Waals surface area contributed by atoms with Crippen molar-refractivity contribution in [2.75, 3.05) is 14.2 Å². The molecule has 0 unspecified atom stereocenters. The molecule has 0 spiro atoms. The van der Waals surface area contributed by atoms with Crippen molar-refractivity contribution in [1.29, 1.82) is 0 Å². The maximum atomic E-state index is 12.5. The van der Waals surface area contributed by atoms with Gasteiger partial charge in [-0.2, -0.15) is 0 Å². The number of rotatable bonds is 7. The zero-order valence-corrected chi connectivity index (χ0v) is 17.6. The minimum Gasteiger partial charge on any atom is -0.493 e. The van der Waals surface area contributed by atoms with Gasteiger partial charge in [-0.1, -0.05) is 36.4 Å². The van der Waals surface area contributed by atoms with Crippen LogP contribution >= 0.6 is 12.2 Å². The molecule has 30 heavy (non-hydrogen) atoms. The molecule has 154 valence electrons. The van der Waals surface area contributed by atoms with Gasteiger partial charge in [0.25, 0.3) is 11.8 Å². The molecule has 2 aromatic carbocycles. The first-order chi connectivity index (χ1) is 14.4. The van der Waals surface area contributed by atoms with E-state index in [2.05, 4.69) is 11.9 Å². The molecule has 1 aliphatic heterocycles. The van der Waals surface area contributed by atoms with Crippen LogP contribution in [0.1, 0.15) is 16.7 Å². The fourth-order valence-corrected chi connectivity index (χ4v) is 3.21. The Balaban J connectivity index is 1.98. The van der Waals surface area contributed by atoms with Gasteiger partial charge in [0.15, 0.2) is 16.6 Å². The molecule has 6 nitrogen and oxygen atoms in total. The molecule has 0 radical (unpaired) electrons. The fourth-order valence-electron chi connectivity index (χ4n) is 3.03. The van der Waals surface area contributed by atoms with Gasteiger partial charge < -0.3 is 9.47 Å². The predicted molar refractivity (Wildman–Crippen MR) is 119 cm³/mol. The number of benzene rings is 2. The van der Waals surface area contributed by atoms with Gasteiger partial charge in [-0.15, -0.1) is 6.58 Å². The number of nitrogens with zero attached hydrogens (tertiary/aromatic N) is 1. The number of nitrogens with one attached hydrogen (secondary N) is 1. The Morgan fingerprint density at radius 3 is 2.60 bits per heavy atom. The van der Waals surface area contributed by atoms with E-state index < -0.39 is 11.8 Å². The highest BCUT2D eigenvalue weighted by Crippen LogP contribution is 2.35. The van der Waals surface area contributed by atoms with Gasteiger partial charge in [0, 0.05) is 12.6 Å². The van der Waals surface area contributed by atoms with Crippen LogP contribution in [0.4, 0.5) is 0 Å². The Bertz CT molecular complexity index is 1030. The van der Waals surface area contributed by atoms with Gasteiger partial charge in [-0.05, 0) is 48.0 Å². The maximum absolute atomic E-state index is 12.5. The summed E-state index contributed by atoms with van der Waals surface area (Å²) in [6, 6.07) is 13.4. The highest BCUT2D eigenvalue weighted by atomic mass is 32.1. The van der Waals surface area contributed by atoms with Crippen molar-refractivity contribution in [3.8, 4) is 11.5 Å². The minimum absolute atomic E-state index is 0.00402. The Morgan fingerprint density at radius 2 is 1.93 bits per heavy atom. The molecule has 0 aromatic heterocycles. The maximum Gasteiger partial charge on any atom is 0.265 e. The number of hydrogen-bond acceptors (Lipinski definition) is 5. The van der Waals surface area contributed by atoms with Crippen LogP contribution in [-0.4, -0.2) is 36.0 Å². The predicted octanol–water partition coefficient (Wildman–Crippen LogP) is 3.26. The number of methoxy groups -OCH3 is 1. The van der Waals surface area contributed by atoms with Crippen LogP contribution in [0.2, 0.25) is 0 Å². The second-order valence-electron chi connectivity index (χ2n) is 6.66. The van der Waals surface area contributed by atoms with Gasteiger partial charge >= 0.3 is 0 Å². The first-order valence-electron chi connectivity index (χ1n) is 9.28. The number of hydrogen-bond donors (Lipinski definition) is 1. The number of amides is 2. The van der Waals surface area contributed by atoms with Crippen LogP contribution in [0.15, 0.2) is 60.7 Å². The smallest absolute Gasteiger partial charge is 0.265 e. The van der Waals surface area contributed by atoms with Crippen LogP contribution in [-0.2, 0) is 22.6 Å². The molecule has 1 N–H and O–H groups in total. The van der Waals surface area contributed by atoms with Gasteiger partial charge in [-0.3, -0.25) is 19.8 Å². The number of ether oxygens (including phenoxy) is 2. The highest BCUT2D eigenvalue weighted by Gasteiger charge is 2.30. The molecule has 1 saturated heterocycles. The first kappa shape index (κ1) is 21.3. The molecule has 2 amide bonds. The lowest BCUT2D eigenvalue weighted by atomic mass is 10.0. The minimum atomic E-state index is -0.531. The molecular formula is C23H22N2O4S. The Labute approximate surface area is 180 Å². The van der Waals surface area contributed by atoms with Crippen LogP contribution in [0.25, 0.3) is 6.08 Å². The summed E-state index contributed by atoms with van der Waals surface area (Å²) in [5.41, 5.74) is 2.49. The van der Waals surface area contributed by atoms with E-state index in [0.29, 0.717) is 30.1 Å². The summed E-state index contributed by atoms with van der Waals surface area (Å²) in [5, 5.41) is 2.59. The molecule has 2 aromatic rings. The highest BCUT2D eigenvalue weighted by molar-refractivity contribution is 7.80. The van der Waals surface area contributed by atoms with Crippen molar-refractivity contribution >= 4 is 35.2 Å². The Morgan fingerprint density at radius 1 is 1.20 bits per heavy atom. The number of carbonyl (C=O) groups is 2. The molecule has 0 aliphatic carbocycles. The van der Waals surface area contributed by atoms with Gasteiger partial charge in [0.2, 0.25) is 0 Å². The summed E-state index contributed by atoms with van der Waals surface area (Å²) in [5.74, 6) is 0.111. The molecule has 1 heterocycles. The van der Waals surface area contributed by atoms with Gasteiger partial charge in [-0.25, -0.2) is 0 Å². The van der Waals surface area contributed by atoms with Crippen LogP contribution in [0, 0.1) is 0 Å². The van der Waals surface area contributed by atoms with Crippen molar-refractivity contribution in [2.45, 2.75) is 13.0 Å². The van der Waals surface area contributed by atoms with E-state index in [1.807, 2.05) is 36.4 Å². The fraction of sp³-hybridized carbons (Fsp3) is 0.174. The molecule has 0 atom stereocenters. The largest absolute Gasteiger partial charge is 0.493 e. The summed E-state index contributed by atoms with van der Waals surface area (Å²) < 4.78 is 11.6. The molecule has 1 fully saturated rings. The standard InChI is InChI=1S/C23H22N2O4S/c1-4-8-17-11-16(12-18-21(26)24-23(30)25(2)22(18)27)13-19(28-3)20(17)29-14-15-9-6-5-7-10-15/h4-7,9-13H,1,8,14H2,2-3H3,(H,24,26,30)/b18-12+. The lowest BCUT2D eigenvalue weighted by Gasteiger charge is -2.25. The summed E-state index contributed by atoms with van der Waals surface area (Å²) in [6.45, 7) is 4.19. The van der Waals surface area contributed by atoms with E-state index in [1.165, 1.54) is 18.0 Å². The van der Waals surface area contributed by atoms with E-state index in [9.17, 15) is 9.59 Å². The quantitative estimate of drug-likeness (QED) is 0.321. The summed E-state index contributed by atoms with van der Waals surface area (Å²) in [4.78, 5) is 26.0. The Kier molecular flexibility index (Phi) is 6.64. The monoisotopic (exact) mass is 422 g/mol. The molecule has 7 heteroatoms. The normalized spacial score (nSPS) is 15.2. The van der Waals surface area contributed by atoms with E-state index in [0.717, 1.165) is 11.1 Å². The molecule has 3 rings (SSSR count). The van der Waals surface area contributed by atoms with Crippen molar-refractivity contribution in [3.05, 3.63) is 77.4 Å². The third kappa shape index (κ3) is 4.58. The number of thiocarbonyl (C=S) groups is 1. The number of likely N-dealkylation sites (N-methyl/N-ethyl adjacent to an activating group) is 1. The second kappa shape index (κ2) is 9.37. The van der Waals surface area contributed by atoms with Crippen LogP contribution in [0.3, 0.4) is 0 Å². The van der Waals surface area contributed by atoms with Crippen molar-refractivity contribution in [1.82, 2.24) is 10.2 Å². The van der Waals surface area contributed by atoms with Crippen LogP contribution < -0.4 is 14.8 Å². The molecule has 0 bridgehead atoms. The first-order valence-corrected chi connectivity index (χ1v) is 9.69. The van der Waals surface area contributed by atoms with Crippen molar-refractivity contribution in [3.63, 3.8) is 0 Å². The van der Waals surface area contributed by atoms with E-state index in [1.54, 1.807) is 19.3 Å². The third-order valence-corrected chi connectivity index (χ3v) is 4.96.